The highest BCUT2D eigenvalue weighted by Crippen LogP contribution is 2.27. The van der Waals surface area contributed by atoms with Crippen molar-refractivity contribution in [3.63, 3.8) is 0 Å². The fourth-order valence-electron chi connectivity index (χ4n) is 2.72. The van der Waals surface area contributed by atoms with Gasteiger partial charge in [0.25, 0.3) is 11.8 Å². The van der Waals surface area contributed by atoms with E-state index in [4.69, 9.17) is 9.47 Å². The van der Waals surface area contributed by atoms with E-state index in [9.17, 15) is 9.59 Å². The largest absolute Gasteiger partial charge is 0.493 e. The first-order valence-corrected chi connectivity index (χ1v) is 10.1. The van der Waals surface area contributed by atoms with Crippen LogP contribution in [-0.4, -0.2) is 26.0 Å². The van der Waals surface area contributed by atoms with Crippen molar-refractivity contribution in [2.75, 3.05) is 14.2 Å². The Balaban J connectivity index is 1.79. The summed E-state index contributed by atoms with van der Waals surface area (Å²) in [5, 5.41) is 7.47. The summed E-state index contributed by atoms with van der Waals surface area (Å²) in [7, 11) is 3.02. The number of rotatable bonds is 8. The molecule has 2 aromatic carbocycles. The van der Waals surface area contributed by atoms with Crippen LogP contribution < -0.4 is 20.1 Å². The Labute approximate surface area is 179 Å². The van der Waals surface area contributed by atoms with Crippen LogP contribution in [0.25, 0.3) is 6.08 Å². The van der Waals surface area contributed by atoms with E-state index in [1.807, 2.05) is 47.8 Å². The van der Waals surface area contributed by atoms with E-state index in [1.54, 1.807) is 24.3 Å². The molecule has 0 aliphatic heterocycles. The maximum Gasteiger partial charge on any atom is 0.268 e. The van der Waals surface area contributed by atoms with Crippen LogP contribution in [0.1, 0.15) is 20.8 Å². The Morgan fingerprint density at radius 1 is 0.967 bits per heavy atom. The van der Waals surface area contributed by atoms with Gasteiger partial charge in [0.2, 0.25) is 0 Å². The van der Waals surface area contributed by atoms with Crippen molar-refractivity contribution in [2.45, 2.75) is 6.54 Å². The molecule has 0 fully saturated rings. The van der Waals surface area contributed by atoms with Gasteiger partial charge in [-0.15, -0.1) is 11.3 Å². The summed E-state index contributed by atoms with van der Waals surface area (Å²) in [6.07, 6.45) is 1.66. The van der Waals surface area contributed by atoms with Gasteiger partial charge in [-0.25, -0.2) is 0 Å². The van der Waals surface area contributed by atoms with Crippen molar-refractivity contribution in [3.8, 4) is 11.5 Å². The summed E-state index contributed by atoms with van der Waals surface area (Å²) >= 11 is 1.47. The minimum Gasteiger partial charge on any atom is -0.493 e. The predicted molar refractivity (Wildman–Crippen MR) is 118 cm³/mol. The molecule has 2 amide bonds. The second-order valence-electron chi connectivity index (χ2n) is 6.27. The Morgan fingerprint density at radius 2 is 1.73 bits per heavy atom. The van der Waals surface area contributed by atoms with Crippen molar-refractivity contribution in [2.24, 2.45) is 0 Å². The van der Waals surface area contributed by atoms with E-state index in [1.165, 1.54) is 25.6 Å². The third-order valence-electron chi connectivity index (χ3n) is 4.26. The molecular weight excluding hydrogens is 400 g/mol. The summed E-state index contributed by atoms with van der Waals surface area (Å²) in [4.78, 5) is 26.5. The number of benzene rings is 2. The molecule has 0 aliphatic carbocycles. The zero-order valence-electron chi connectivity index (χ0n) is 16.7. The van der Waals surface area contributed by atoms with Crippen LogP contribution in [-0.2, 0) is 11.3 Å². The first kappa shape index (κ1) is 21.1. The van der Waals surface area contributed by atoms with Crippen LogP contribution in [0.15, 0.2) is 71.7 Å². The van der Waals surface area contributed by atoms with Gasteiger partial charge in [-0.05, 0) is 41.3 Å². The zero-order valence-corrected chi connectivity index (χ0v) is 17.5. The van der Waals surface area contributed by atoms with Crippen LogP contribution in [0.2, 0.25) is 0 Å². The van der Waals surface area contributed by atoms with Crippen molar-refractivity contribution in [3.05, 3.63) is 87.7 Å². The second-order valence-corrected chi connectivity index (χ2v) is 7.24. The molecule has 0 aliphatic rings. The Morgan fingerprint density at radius 3 is 2.40 bits per heavy atom. The van der Waals surface area contributed by atoms with Gasteiger partial charge in [0.15, 0.2) is 11.5 Å². The summed E-state index contributed by atoms with van der Waals surface area (Å²) < 4.78 is 10.5. The number of ether oxygens (including phenoxy) is 2. The van der Waals surface area contributed by atoms with Gasteiger partial charge in [-0.3, -0.25) is 9.59 Å². The standard InChI is InChI=1S/C23H22N2O4S/c1-28-20-11-10-17(13-21(20)29-2)22(26)25-19(14-18-9-6-12-30-18)23(27)24-15-16-7-4-3-5-8-16/h3-14H,15H2,1-2H3,(H,24,27)(H,25,26)/b19-14-. The molecule has 1 aromatic heterocycles. The number of thiophene rings is 1. The maximum absolute atomic E-state index is 12.8. The van der Waals surface area contributed by atoms with E-state index in [2.05, 4.69) is 10.6 Å². The number of carbonyl (C=O) groups is 2. The van der Waals surface area contributed by atoms with Gasteiger partial charge >= 0.3 is 0 Å². The molecule has 2 N–H and O–H groups in total. The molecule has 3 aromatic rings. The van der Waals surface area contributed by atoms with Gasteiger partial charge in [0.05, 0.1) is 14.2 Å². The molecule has 30 heavy (non-hydrogen) atoms. The highest BCUT2D eigenvalue weighted by Gasteiger charge is 2.16. The average molecular weight is 423 g/mol. The van der Waals surface area contributed by atoms with Crippen LogP contribution in [0, 0.1) is 0 Å². The zero-order chi connectivity index (χ0) is 21.3. The number of nitrogens with one attached hydrogen (secondary N) is 2. The number of hydrogen-bond donors (Lipinski definition) is 2. The molecule has 154 valence electrons. The first-order valence-electron chi connectivity index (χ1n) is 9.21. The Hall–Kier alpha value is -3.58. The number of carbonyl (C=O) groups excluding carboxylic acids is 2. The Bertz CT molecular complexity index is 1030. The molecule has 7 heteroatoms. The predicted octanol–water partition coefficient (Wildman–Crippen LogP) is 3.85. The molecule has 3 rings (SSSR count). The fourth-order valence-corrected chi connectivity index (χ4v) is 3.38. The molecule has 0 saturated heterocycles. The molecule has 0 spiro atoms. The van der Waals surface area contributed by atoms with Crippen LogP contribution in [0.3, 0.4) is 0 Å². The van der Waals surface area contributed by atoms with E-state index in [0.717, 1.165) is 10.4 Å². The molecule has 1 heterocycles. The van der Waals surface area contributed by atoms with Gasteiger partial charge in [-0.1, -0.05) is 36.4 Å². The minimum absolute atomic E-state index is 0.160. The lowest BCUT2D eigenvalue weighted by Gasteiger charge is -2.12. The van der Waals surface area contributed by atoms with Crippen molar-refractivity contribution < 1.29 is 19.1 Å². The molecule has 0 atom stereocenters. The number of amides is 2. The van der Waals surface area contributed by atoms with Gasteiger partial charge in [0.1, 0.15) is 5.70 Å². The topological polar surface area (TPSA) is 76.7 Å². The van der Waals surface area contributed by atoms with Crippen LogP contribution in [0.4, 0.5) is 0 Å². The Kier molecular flexibility index (Phi) is 7.24. The minimum atomic E-state index is -0.423. The summed E-state index contributed by atoms with van der Waals surface area (Å²) in [6.45, 7) is 0.355. The third kappa shape index (κ3) is 5.48. The quantitative estimate of drug-likeness (QED) is 0.541. The lowest BCUT2D eigenvalue weighted by Crippen LogP contribution is -2.34. The van der Waals surface area contributed by atoms with Crippen LogP contribution in [0.5, 0.6) is 11.5 Å². The van der Waals surface area contributed by atoms with E-state index >= 15 is 0 Å². The lowest BCUT2D eigenvalue weighted by molar-refractivity contribution is -0.117. The number of methoxy groups -OCH3 is 2. The van der Waals surface area contributed by atoms with E-state index in [0.29, 0.717) is 23.6 Å². The maximum atomic E-state index is 12.8. The number of hydrogen-bond acceptors (Lipinski definition) is 5. The second kappa shape index (κ2) is 10.3. The van der Waals surface area contributed by atoms with Crippen molar-refractivity contribution >= 4 is 29.2 Å². The molecule has 0 saturated carbocycles. The SMILES string of the molecule is COc1ccc(C(=O)N/C(=C\c2cccs2)C(=O)NCc2ccccc2)cc1OC. The summed E-state index contributed by atoms with van der Waals surface area (Å²) in [6, 6.07) is 18.1. The van der Waals surface area contributed by atoms with E-state index < -0.39 is 5.91 Å². The van der Waals surface area contributed by atoms with Crippen molar-refractivity contribution in [1.82, 2.24) is 10.6 Å². The normalized spacial score (nSPS) is 10.9. The van der Waals surface area contributed by atoms with Gasteiger partial charge in [0, 0.05) is 17.0 Å². The summed E-state index contributed by atoms with van der Waals surface area (Å²) in [5.41, 5.74) is 1.47. The fraction of sp³-hybridized carbons (Fsp3) is 0.130. The summed E-state index contributed by atoms with van der Waals surface area (Å²) in [5.74, 6) is 0.154. The van der Waals surface area contributed by atoms with Gasteiger partial charge < -0.3 is 20.1 Å². The highest BCUT2D eigenvalue weighted by molar-refractivity contribution is 7.10. The molecular formula is C23H22N2O4S. The van der Waals surface area contributed by atoms with Gasteiger partial charge in [-0.2, -0.15) is 0 Å². The third-order valence-corrected chi connectivity index (χ3v) is 5.08. The molecule has 0 bridgehead atoms. The average Bonchev–Trinajstić information content (AvgIpc) is 3.30. The monoisotopic (exact) mass is 422 g/mol. The molecule has 0 radical (unpaired) electrons. The highest BCUT2D eigenvalue weighted by atomic mass is 32.1. The van der Waals surface area contributed by atoms with E-state index in [-0.39, 0.29) is 11.6 Å². The smallest absolute Gasteiger partial charge is 0.268 e. The lowest BCUT2D eigenvalue weighted by atomic mass is 10.1. The van der Waals surface area contributed by atoms with Crippen molar-refractivity contribution in [1.29, 1.82) is 0 Å². The first-order chi connectivity index (χ1) is 14.6. The molecule has 6 nitrogen and oxygen atoms in total. The molecule has 0 unspecified atom stereocenters. The van der Waals surface area contributed by atoms with Crippen LogP contribution >= 0.6 is 11.3 Å².